The van der Waals surface area contributed by atoms with Crippen LogP contribution in [0.5, 0.6) is 0 Å². The van der Waals surface area contributed by atoms with Crippen molar-refractivity contribution in [3.63, 3.8) is 0 Å². The molecule has 0 radical (unpaired) electrons. The maximum Gasteiger partial charge on any atom is 0.126 e. The fraction of sp³-hybridized carbons (Fsp3) is 0.182. The molecule has 0 unspecified atom stereocenters. The first-order valence-corrected chi connectivity index (χ1v) is 4.16. The second-order valence-corrected chi connectivity index (χ2v) is 2.67. The summed E-state index contributed by atoms with van der Waals surface area (Å²) in [6.07, 6.45) is 5.29. The van der Waals surface area contributed by atoms with Crippen molar-refractivity contribution in [2.75, 3.05) is 0 Å². The van der Waals surface area contributed by atoms with E-state index in [1.54, 1.807) is 30.4 Å². The molecule has 1 rings (SSSR count). The van der Waals surface area contributed by atoms with E-state index in [9.17, 15) is 9.18 Å². The van der Waals surface area contributed by atoms with Crippen molar-refractivity contribution in [1.82, 2.24) is 0 Å². The van der Waals surface area contributed by atoms with Gasteiger partial charge in [-0.3, -0.25) is 0 Å². The van der Waals surface area contributed by atoms with Crippen LogP contribution >= 0.6 is 0 Å². The Hall–Kier alpha value is -1.44. The molecule has 2 heteroatoms. The van der Waals surface area contributed by atoms with Gasteiger partial charge in [-0.25, -0.2) is 4.39 Å². The number of halogens is 1. The minimum atomic E-state index is -0.196. The van der Waals surface area contributed by atoms with Gasteiger partial charge in [0.15, 0.2) is 0 Å². The van der Waals surface area contributed by atoms with Crippen LogP contribution in [-0.4, -0.2) is 6.29 Å². The van der Waals surface area contributed by atoms with Crippen LogP contribution in [0.2, 0.25) is 0 Å². The Morgan fingerprint density at radius 3 is 2.69 bits per heavy atom. The van der Waals surface area contributed by atoms with Gasteiger partial charge in [0.2, 0.25) is 0 Å². The van der Waals surface area contributed by atoms with Crippen LogP contribution in [0.1, 0.15) is 12.0 Å². The van der Waals surface area contributed by atoms with Crippen LogP contribution in [0.15, 0.2) is 36.4 Å². The van der Waals surface area contributed by atoms with Crippen LogP contribution in [0.25, 0.3) is 0 Å². The number of rotatable bonds is 4. The molecule has 0 fully saturated rings. The molecule has 1 nitrogen and oxygen atoms in total. The molecule has 68 valence electrons. The first-order valence-electron chi connectivity index (χ1n) is 4.16. The monoisotopic (exact) mass is 178 g/mol. The van der Waals surface area contributed by atoms with Crippen molar-refractivity contribution in [3.05, 3.63) is 47.8 Å². The predicted molar refractivity (Wildman–Crippen MR) is 49.9 cm³/mol. The van der Waals surface area contributed by atoms with Crippen molar-refractivity contribution in [1.29, 1.82) is 0 Å². The normalized spacial score (nSPS) is 10.5. The highest BCUT2D eigenvalue weighted by molar-refractivity contribution is 5.51. The molecular weight excluding hydrogens is 167 g/mol. The molecule has 0 spiro atoms. The summed E-state index contributed by atoms with van der Waals surface area (Å²) >= 11 is 0. The van der Waals surface area contributed by atoms with Gasteiger partial charge in [0.25, 0.3) is 0 Å². The number of carbonyl (C=O) groups is 1. The third kappa shape index (κ3) is 3.20. The summed E-state index contributed by atoms with van der Waals surface area (Å²) in [6.45, 7) is 0. The fourth-order valence-electron chi connectivity index (χ4n) is 1.03. The van der Waals surface area contributed by atoms with Gasteiger partial charge >= 0.3 is 0 Å². The average molecular weight is 178 g/mol. The zero-order chi connectivity index (χ0) is 9.52. The molecule has 0 aliphatic carbocycles. The summed E-state index contributed by atoms with van der Waals surface area (Å²) in [5, 5.41) is 0. The fourth-order valence-corrected chi connectivity index (χ4v) is 1.03. The Kier molecular flexibility index (Phi) is 3.89. The SMILES string of the molecule is O=CC/C=C\Cc1ccccc1F. The average Bonchev–Trinajstić information content (AvgIpc) is 2.15. The van der Waals surface area contributed by atoms with Crippen molar-refractivity contribution in [3.8, 4) is 0 Å². The quantitative estimate of drug-likeness (QED) is 0.511. The molecule has 13 heavy (non-hydrogen) atoms. The molecule has 0 saturated carbocycles. The minimum absolute atomic E-state index is 0.196. The van der Waals surface area contributed by atoms with Crippen LogP contribution in [-0.2, 0) is 11.2 Å². The smallest absolute Gasteiger partial charge is 0.126 e. The first kappa shape index (κ1) is 9.65. The first-order chi connectivity index (χ1) is 6.34. The Bertz CT molecular complexity index is 305. The van der Waals surface area contributed by atoms with Gasteiger partial charge in [0.05, 0.1) is 0 Å². The summed E-state index contributed by atoms with van der Waals surface area (Å²) in [5.41, 5.74) is 0.657. The molecule has 0 saturated heterocycles. The molecule has 0 bridgehead atoms. The second kappa shape index (κ2) is 5.25. The Balaban J connectivity index is 2.54. The second-order valence-electron chi connectivity index (χ2n) is 2.67. The maximum absolute atomic E-state index is 13.0. The lowest BCUT2D eigenvalue weighted by Gasteiger charge is -1.96. The van der Waals surface area contributed by atoms with Crippen LogP contribution in [0, 0.1) is 5.82 Å². The lowest BCUT2D eigenvalue weighted by Crippen LogP contribution is -1.86. The lowest BCUT2D eigenvalue weighted by atomic mass is 10.1. The molecule has 0 N–H and O–H groups in total. The van der Waals surface area contributed by atoms with E-state index in [2.05, 4.69) is 0 Å². The zero-order valence-corrected chi connectivity index (χ0v) is 7.24. The van der Waals surface area contributed by atoms with E-state index >= 15 is 0 Å². The van der Waals surface area contributed by atoms with E-state index in [1.807, 2.05) is 0 Å². The van der Waals surface area contributed by atoms with E-state index in [0.717, 1.165) is 6.29 Å². The van der Waals surface area contributed by atoms with E-state index in [-0.39, 0.29) is 5.82 Å². The lowest BCUT2D eigenvalue weighted by molar-refractivity contribution is -0.107. The number of carbonyl (C=O) groups excluding carboxylic acids is 1. The molecular formula is C11H11FO. The van der Waals surface area contributed by atoms with Crippen molar-refractivity contribution < 1.29 is 9.18 Å². The van der Waals surface area contributed by atoms with E-state index < -0.39 is 0 Å². The van der Waals surface area contributed by atoms with Crippen molar-refractivity contribution in [2.24, 2.45) is 0 Å². The predicted octanol–water partition coefficient (Wildman–Crippen LogP) is 2.51. The van der Waals surface area contributed by atoms with Crippen LogP contribution in [0.3, 0.4) is 0 Å². The molecule has 0 amide bonds. The Morgan fingerprint density at radius 1 is 1.23 bits per heavy atom. The minimum Gasteiger partial charge on any atom is -0.303 e. The highest BCUT2D eigenvalue weighted by Crippen LogP contribution is 2.07. The van der Waals surface area contributed by atoms with Gasteiger partial charge in [-0.1, -0.05) is 30.4 Å². The van der Waals surface area contributed by atoms with Gasteiger partial charge in [-0.15, -0.1) is 0 Å². The third-order valence-electron chi connectivity index (χ3n) is 1.69. The summed E-state index contributed by atoms with van der Waals surface area (Å²) in [4.78, 5) is 9.96. The summed E-state index contributed by atoms with van der Waals surface area (Å²) in [7, 11) is 0. The number of allylic oxidation sites excluding steroid dienone is 2. The van der Waals surface area contributed by atoms with Gasteiger partial charge < -0.3 is 4.79 Å². The van der Waals surface area contributed by atoms with E-state index in [4.69, 9.17) is 0 Å². The van der Waals surface area contributed by atoms with Crippen molar-refractivity contribution >= 4 is 6.29 Å². The van der Waals surface area contributed by atoms with Gasteiger partial charge in [0.1, 0.15) is 12.1 Å². The zero-order valence-electron chi connectivity index (χ0n) is 7.24. The molecule has 0 aliphatic rings. The van der Waals surface area contributed by atoms with Crippen LogP contribution in [0.4, 0.5) is 4.39 Å². The molecule has 0 aliphatic heterocycles. The number of aldehydes is 1. The summed E-state index contributed by atoms with van der Waals surface area (Å²) in [5.74, 6) is -0.196. The van der Waals surface area contributed by atoms with E-state index in [1.165, 1.54) is 6.07 Å². The van der Waals surface area contributed by atoms with Crippen molar-refractivity contribution in [2.45, 2.75) is 12.8 Å². The summed E-state index contributed by atoms with van der Waals surface area (Å²) < 4.78 is 13.0. The summed E-state index contributed by atoms with van der Waals surface area (Å²) in [6, 6.07) is 6.63. The number of hydrogen-bond donors (Lipinski definition) is 0. The topological polar surface area (TPSA) is 17.1 Å². The Morgan fingerprint density at radius 2 is 2.00 bits per heavy atom. The van der Waals surface area contributed by atoms with Gasteiger partial charge in [-0.05, 0) is 18.1 Å². The molecule has 1 aromatic carbocycles. The molecule has 0 aromatic heterocycles. The molecule has 0 heterocycles. The maximum atomic E-state index is 13.0. The number of benzene rings is 1. The highest BCUT2D eigenvalue weighted by atomic mass is 19.1. The molecule has 1 aromatic rings. The largest absolute Gasteiger partial charge is 0.303 e. The van der Waals surface area contributed by atoms with Crippen LogP contribution < -0.4 is 0 Å². The highest BCUT2D eigenvalue weighted by Gasteiger charge is 1.95. The Labute approximate surface area is 76.9 Å². The van der Waals surface area contributed by atoms with E-state index in [0.29, 0.717) is 18.4 Å². The number of hydrogen-bond acceptors (Lipinski definition) is 1. The van der Waals surface area contributed by atoms with Gasteiger partial charge in [0, 0.05) is 6.42 Å². The molecule has 0 atom stereocenters. The third-order valence-corrected chi connectivity index (χ3v) is 1.69. The van der Waals surface area contributed by atoms with Gasteiger partial charge in [-0.2, -0.15) is 0 Å². The standard InChI is InChI=1S/C11H11FO/c12-11-8-4-3-7-10(11)6-2-1-5-9-13/h1-4,7-9H,5-6H2/b2-1-.